The highest BCUT2D eigenvalue weighted by atomic mass is 16.4. The van der Waals surface area contributed by atoms with E-state index in [0.29, 0.717) is 44.3 Å². The van der Waals surface area contributed by atoms with Crippen molar-refractivity contribution in [1.82, 2.24) is 4.90 Å². The molecule has 1 saturated heterocycles. The minimum atomic E-state index is -0.779. The first-order valence-corrected chi connectivity index (χ1v) is 7.89. The van der Waals surface area contributed by atoms with E-state index in [9.17, 15) is 14.4 Å². The van der Waals surface area contributed by atoms with Gasteiger partial charge in [-0.3, -0.25) is 14.4 Å². The highest BCUT2D eigenvalue weighted by Gasteiger charge is 2.28. The van der Waals surface area contributed by atoms with Crippen molar-refractivity contribution in [2.24, 2.45) is 5.92 Å². The maximum atomic E-state index is 12.6. The molecule has 2 aliphatic heterocycles. The van der Waals surface area contributed by atoms with Crippen LogP contribution in [0.4, 0.5) is 5.69 Å². The van der Waals surface area contributed by atoms with Crippen LogP contribution < -0.4 is 4.90 Å². The van der Waals surface area contributed by atoms with E-state index >= 15 is 0 Å². The number of piperidine rings is 1. The number of anilines is 1. The van der Waals surface area contributed by atoms with Crippen molar-refractivity contribution < 1.29 is 19.5 Å². The van der Waals surface area contributed by atoms with Crippen LogP contribution in [0.15, 0.2) is 18.2 Å². The van der Waals surface area contributed by atoms with Crippen LogP contribution in [0.1, 0.15) is 35.2 Å². The summed E-state index contributed by atoms with van der Waals surface area (Å²) in [4.78, 5) is 38.7. The van der Waals surface area contributed by atoms with E-state index in [1.54, 1.807) is 22.9 Å². The number of nitrogens with zero attached hydrogens (tertiary/aromatic N) is 2. The van der Waals surface area contributed by atoms with Crippen molar-refractivity contribution in [3.63, 3.8) is 0 Å². The molecule has 2 aliphatic rings. The Balaban J connectivity index is 1.74. The predicted molar refractivity (Wildman–Crippen MR) is 84.4 cm³/mol. The molecule has 6 nitrogen and oxygen atoms in total. The molecule has 3 rings (SSSR count). The van der Waals surface area contributed by atoms with Gasteiger partial charge in [0.05, 0.1) is 5.92 Å². The number of carboxylic acids is 1. The first-order chi connectivity index (χ1) is 11.0. The Kier molecular flexibility index (Phi) is 4.07. The lowest BCUT2D eigenvalue weighted by atomic mass is 9.95. The van der Waals surface area contributed by atoms with E-state index < -0.39 is 5.97 Å². The Bertz CT molecular complexity index is 663. The second kappa shape index (κ2) is 6.02. The van der Waals surface area contributed by atoms with E-state index in [1.165, 1.54) is 0 Å². The van der Waals surface area contributed by atoms with Crippen LogP contribution in [0.2, 0.25) is 0 Å². The van der Waals surface area contributed by atoms with Crippen LogP contribution in [0.3, 0.4) is 0 Å². The van der Waals surface area contributed by atoms with Crippen molar-refractivity contribution in [1.29, 1.82) is 0 Å². The third-order valence-corrected chi connectivity index (χ3v) is 4.80. The molecule has 0 spiro atoms. The molecule has 23 heavy (non-hydrogen) atoms. The minimum absolute atomic E-state index is 0.0591. The molecule has 122 valence electrons. The zero-order valence-corrected chi connectivity index (χ0v) is 13.1. The third kappa shape index (κ3) is 2.93. The molecule has 0 aliphatic carbocycles. The van der Waals surface area contributed by atoms with E-state index in [2.05, 4.69) is 0 Å². The van der Waals surface area contributed by atoms with Gasteiger partial charge < -0.3 is 14.9 Å². The molecular formula is C17H20N2O4. The van der Waals surface area contributed by atoms with Gasteiger partial charge in [-0.15, -0.1) is 0 Å². The number of rotatable bonds is 2. The number of likely N-dealkylation sites (tertiary alicyclic amines) is 1. The fourth-order valence-electron chi connectivity index (χ4n) is 3.30. The van der Waals surface area contributed by atoms with E-state index in [4.69, 9.17) is 5.11 Å². The molecule has 1 aromatic rings. The maximum absolute atomic E-state index is 12.6. The molecule has 1 N–H and O–H groups in total. The summed E-state index contributed by atoms with van der Waals surface area (Å²) >= 11 is 0. The summed E-state index contributed by atoms with van der Waals surface area (Å²) < 4.78 is 0. The van der Waals surface area contributed by atoms with Crippen LogP contribution in [-0.4, -0.2) is 47.9 Å². The highest BCUT2D eigenvalue weighted by Crippen LogP contribution is 2.28. The summed E-state index contributed by atoms with van der Waals surface area (Å²) in [5.41, 5.74) is 2.49. The normalized spacial score (nSPS) is 18.7. The summed E-state index contributed by atoms with van der Waals surface area (Å²) in [5, 5.41) is 9.02. The van der Waals surface area contributed by atoms with Crippen LogP contribution >= 0.6 is 0 Å². The standard InChI is InChI=1S/C17H20N2O4/c1-18-14-4-2-13(10-12(14)3-5-15(18)20)16(21)19-8-6-11(7-9-19)17(22)23/h2,4,10-11H,3,5-9H2,1H3,(H,22,23). The molecule has 0 radical (unpaired) electrons. The van der Waals surface area contributed by atoms with Gasteiger partial charge in [-0.25, -0.2) is 0 Å². The molecular weight excluding hydrogens is 296 g/mol. The molecule has 1 fully saturated rings. The maximum Gasteiger partial charge on any atom is 0.306 e. The molecule has 2 amide bonds. The number of hydrogen-bond acceptors (Lipinski definition) is 3. The Morgan fingerprint density at radius 2 is 1.87 bits per heavy atom. The molecule has 6 heteroatoms. The number of carboxylic acid groups (broad SMARTS) is 1. The lowest BCUT2D eigenvalue weighted by Gasteiger charge is -2.31. The molecule has 1 aromatic carbocycles. The SMILES string of the molecule is CN1C(=O)CCc2cc(C(=O)N3CCC(C(=O)O)CC3)ccc21. The van der Waals surface area contributed by atoms with Crippen molar-refractivity contribution in [3.8, 4) is 0 Å². The van der Waals surface area contributed by atoms with E-state index in [0.717, 1.165) is 11.3 Å². The van der Waals surface area contributed by atoms with Gasteiger partial charge in [0, 0.05) is 37.8 Å². The highest BCUT2D eigenvalue weighted by molar-refractivity contribution is 5.99. The fourth-order valence-corrected chi connectivity index (χ4v) is 3.30. The van der Waals surface area contributed by atoms with Gasteiger partial charge in [0.25, 0.3) is 5.91 Å². The van der Waals surface area contributed by atoms with Crippen molar-refractivity contribution in [2.75, 3.05) is 25.0 Å². The number of hydrogen-bond donors (Lipinski definition) is 1. The Morgan fingerprint density at radius 3 is 2.52 bits per heavy atom. The Morgan fingerprint density at radius 1 is 1.17 bits per heavy atom. The second-order valence-corrected chi connectivity index (χ2v) is 6.20. The summed E-state index contributed by atoms with van der Waals surface area (Å²) in [6.07, 6.45) is 2.12. The summed E-state index contributed by atoms with van der Waals surface area (Å²) in [5.74, 6) is -1.09. The monoisotopic (exact) mass is 316 g/mol. The largest absolute Gasteiger partial charge is 0.481 e. The first kappa shape index (κ1) is 15.5. The van der Waals surface area contributed by atoms with Gasteiger partial charge in [-0.05, 0) is 43.0 Å². The summed E-state index contributed by atoms with van der Waals surface area (Å²) in [7, 11) is 1.75. The molecule has 0 atom stereocenters. The second-order valence-electron chi connectivity index (χ2n) is 6.20. The molecule has 0 saturated carbocycles. The van der Waals surface area contributed by atoms with E-state index in [1.807, 2.05) is 12.1 Å². The summed E-state index contributed by atoms with van der Waals surface area (Å²) in [6, 6.07) is 5.44. The fraction of sp³-hybridized carbons (Fsp3) is 0.471. The van der Waals surface area contributed by atoms with Crippen LogP contribution in [0.25, 0.3) is 0 Å². The predicted octanol–water partition coefficient (Wildman–Crippen LogP) is 1.53. The molecule has 0 unspecified atom stereocenters. The van der Waals surface area contributed by atoms with Crippen LogP contribution in [0.5, 0.6) is 0 Å². The zero-order valence-electron chi connectivity index (χ0n) is 13.1. The van der Waals surface area contributed by atoms with Gasteiger partial charge in [-0.2, -0.15) is 0 Å². The number of amides is 2. The average molecular weight is 316 g/mol. The minimum Gasteiger partial charge on any atom is -0.481 e. The number of benzene rings is 1. The van der Waals surface area contributed by atoms with Crippen LogP contribution in [0, 0.1) is 5.92 Å². The zero-order chi connectivity index (χ0) is 16.6. The third-order valence-electron chi connectivity index (χ3n) is 4.80. The quantitative estimate of drug-likeness (QED) is 0.897. The molecule has 2 heterocycles. The first-order valence-electron chi connectivity index (χ1n) is 7.89. The number of carbonyl (C=O) groups excluding carboxylic acids is 2. The topological polar surface area (TPSA) is 77.9 Å². The Hall–Kier alpha value is -2.37. The molecule has 0 aromatic heterocycles. The van der Waals surface area contributed by atoms with E-state index in [-0.39, 0.29) is 17.7 Å². The number of aliphatic carboxylic acids is 1. The van der Waals surface area contributed by atoms with Crippen LogP contribution in [-0.2, 0) is 16.0 Å². The number of fused-ring (bicyclic) bond motifs is 1. The van der Waals surface area contributed by atoms with Crippen molar-refractivity contribution >= 4 is 23.5 Å². The number of aryl methyl sites for hydroxylation is 1. The number of carbonyl (C=O) groups is 3. The smallest absolute Gasteiger partial charge is 0.306 e. The van der Waals surface area contributed by atoms with Crippen molar-refractivity contribution in [3.05, 3.63) is 29.3 Å². The average Bonchev–Trinajstić information content (AvgIpc) is 2.57. The Labute approximate surface area is 134 Å². The van der Waals surface area contributed by atoms with Gasteiger partial charge in [0.15, 0.2) is 0 Å². The molecule has 0 bridgehead atoms. The van der Waals surface area contributed by atoms with Gasteiger partial charge in [0.1, 0.15) is 0 Å². The lowest BCUT2D eigenvalue weighted by Crippen LogP contribution is -2.40. The van der Waals surface area contributed by atoms with Gasteiger partial charge in [0.2, 0.25) is 5.91 Å². The van der Waals surface area contributed by atoms with Gasteiger partial charge in [-0.1, -0.05) is 0 Å². The van der Waals surface area contributed by atoms with Gasteiger partial charge >= 0.3 is 5.97 Å². The lowest BCUT2D eigenvalue weighted by molar-refractivity contribution is -0.143. The summed E-state index contributed by atoms with van der Waals surface area (Å²) in [6.45, 7) is 0.955. The van der Waals surface area contributed by atoms with Crippen molar-refractivity contribution in [2.45, 2.75) is 25.7 Å².